The summed E-state index contributed by atoms with van der Waals surface area (Å²) in [5.74, 6) is -0.648. The molecule has 2 aromatic carbocycles. The maximum atomic E-state index is 12.6. The Morgan fingerprint density at radius 3 is 2.41 bits per heavy atom. The fourth-order valence-corrected chi connectivity index (χ4v) is 3.58. The molecule has 1 fully saturated rings. The molecular formula is C21H26N4O2. The van der Waals surface area contributed by atoms with E-state index >= 15 is 0 Å². The van der Waals surface area contributed by atoms with Gasteiger partial charge in [0.25, 0.3) is 0 Å². The van der Waals surface area contributed by atoms with Gasteiger partial charge in [-0.05, 0) is 37.5 Å². The summed E-state index contributed by atoms with van der Waals surface area (Å²) in [6, 6.07) is 13.8. The van der Waals surface area contributed by atoms with Gasteiger partial charge in [0.1, 0.15) is 0 Å². The van der Waals surface area contributed by atoms with E-state index < -0.39 is 0 Å². The molecule has 1 heterocycles. The molecule has 1 aliphatic rings. The first kappa shape index (κ1) is 19.1. The van der Waals surface area contributed by atoms with Crippen molar-refractivity contribution in [1.82, 2.24) is 16.2 Å². The minimum absolute atomic E-state index is 0.0520. The molecule has 0 radical (unpaired) electrons. The lowest BCUT2D eigenvalue weighted by Crippen LogP contribution is -2.39. The van der Waals surface area contributed by atoms with E-state index in [0.717, 1.165) is 27.9 Å². The average molecular weight is 366 g/mol. The van der Waals surface area contributed by atoms with Gasteiger partial charge in [-0.3, -0.25) is 15.0 Å². The molecule has 3 rings (SSSR count). The second kappa shape index (κ2) is 8.33. The second-order valence-corrected chi connectivity index (χ2v) is 7.06. The minimum atomic E-state index is -0.275. The Kier molecular flexibility index (Phi) is 5.88. The van der Waals surface area contributed by atoms with Gasteiger partial charge < -0.3 is 10.6 Å². The van der Waals surface area contributed by atoms with E-state index in [1.165, 1.54) is 0 Å². The summed E-state index contributed by atoms with van der Waals surface area (Å²) in [6.45, 7) is 6.43. The van der Waals surface area contributed by atoms with E-state index in [4.69, 9.17) is 0 Å². The Bertz CT molecular complexity index is 812. The number of nitrogens with one attached hydrogen (secondary N) is 4. The highest BCUT2D eigenvalue weighted by Gasteiger charge is 2.33. The lowest BCUT2D eigenvalue weighted by molar-refractivity contribution is -0.127. The molecule has 1 aliphatic heterocycles. The molecule has 0 aromatic heterocycles. The van der Waals surface area contributed by atoms with Crippen molar-refractivity contribution in [1.29, 1.82) is 0 Å². The maximum Gasteiger partial charge on any atom is 0.243 e. The predicted octanol–water partition coefficient (Wildman–Crippen LogP) is 2.13. The van der Waals surface area contributed by atoms with Crippen molar-refractivity contribution < 1.29 is 9.59 Å². The summed E-state index contributed by atoms with van der Waals surface area (Å²) in [6.07, 6.45) is 0. The van der Waals surface area contributed by atoms with Crippen LogP contribution in [0.5, 0.6) is 0 Å². The monoisotopic (exact) mass is 366 g/mol. The van der Waals surface area contributed by atoms with Crippen LogP contribution >= 0.6 is 0 Å². The number of carbonyl (C=O) groups is 2. The fourth-order valence-electron chi connectivity index (χ4n) is 3.58. The largest absolute Gasteiger partial charge is 0.347 e. The Morgan fingerprint density at radius 1 is 1.07 bits per heavy atom. The van der Waals surface area contributed by atoms with Crippen molar-refractivity contribution in [3.8, 4) is 0 Å². The molecule has 0 spiro atoms. The molecule has 2 unspecified atom stereocenters. The van der Waals surface area contributed by atoms with Crippen molar-refractivity contribution in [2.75, 3.05) is 18.4 Å². The lowest BCUT2D eigenvalue weighted by Gasteiger charge is -2.18. The van der Waals surface area contributed by atoms with Gasteiger partial charge in [-0.15, -0.1) is 0 Å². The first-order valence-electron chi connectivity index (χ1n) is 9.14. The molecule has 4 N–H and O–H groups in total. The number of benzene rings is 2. The molecule has 2 aromatic rings. The van der Waals surface area contributed by atoms with E-state index in [9.17, 15) is 9.59 Å². The zero-order chi connectivity index (χ0) is 19.4. The fraction of sp³-hybridized carbons (Fsp3) is 0.333. The summed E-state index contributed by atoms with van der Waals surface area (Å²) in [5.41, 5.74) is 11.2. The molecular weight excluding hydrogens is 340 g/mol. The summed E-state index contributed by atoms with van der Waals surface area (Å²) >= 11 is 0. The normalized spacial score (nSPS) is 18.9. The van der Waals surface area contributed by atoms with E-state index in [0.29, 0.717) is 6.54 Å². The van der Waals surface area contributed by atoms with E-state index in [-0.39, 0.29) is 30.3 Å². The number of carbonyl (C=O) groups excluding carboxylic acids is 2. The smallest absolute Gasteiger partial charge is 0.243 e. The Hall–Kier alpha value is -2.70. The van der Waals surface area contributed by atoms with Gasteiger partial charge in [0.2, 0.25) is 11.8 Å². The van der Waals surface area contributed by atoms with Crippen LogP contribution in [0.2, 0.25) is 0 Å². The number of hydrogen-bond donors (Lipinski definition) is 4. The standard InChI is InChI=1S/C21H26N4O2/c1-13-9-14(2)19(15(3)10-13)24-18(26)12-22-21(27)17-11-23-25-20(17)16-7-5-4-6-8-16/h4-10,17,20,23,25H,11-12H2,1-3H3,(H,22,27)(H,24,26). The Balaban J connectivity index is 1.58. The van der Waals surface area contributed by atoms with Crippen molar-refractivity contribution in [3.63, 3.8) is 0 Å². The van der Waals surface area contributed by atoms with Crippen LogP contribution < -0.4 is 21.5 Å². The first-order chi connectivity index (χ1) is 13.0. The van der Waals surface area contributed by atoms with Gasteiger partial charge in [0, 0.05) is 12.2 Å². The zero-order valence-corrected chi connectivity index (χ0v) is 15.9. The van der Waals surface area contributed by atoms with E-state index in [1.54, 1.807) is 0 Å². The highest BCUT2D eigenvalue weighted by Crippen LogP contribution is 2.25. The minimum Gasteiger partial charge on any atom is -0.347 e. The van der Waals surface area contributed by atoms with Crippen LogP contribution in [0.3, 0.4) is 0 Å². The molecule has 0 saturated carbocycles. The molecule has 6 nitrogen and oxygen atoms in total. The van der Waals surface area contributed by atoms with E-state index in [2.05, 4.69) is 21.5 Å². The summed E-state index contributed by atoms with van der Waals surface area (Å²) in [5, 5.41) is 5.67. The maximum absolute atomic E-state index is 12.6. The molecule has 2 amide bonds. The Labute approximate surface area is 159 Å². The van der Waals surface area contributed by atoms with Crippen LogP contribution in [0.15, 0.2) is 42.5 Å². The topological polar surface area (TPSA) is 82.3 Å². The van der Waals surface area contributed by atoms with Crippen LogP contribution in [-0.4, -0.2) is 24.9 Å². The molecule has 0 aliphatic carbocycles. The van der Waals surface area contributed by atoms with Crippen molar-refractivity contribution in [3.05, 3.63) is 64.7 Å². The highest BCUT2D eigenvalue weighted by atomic mass is 16.2. The summed E-state index contributed by atoms with van der Waals surface area (Å²) in [4.78, 5) is 24.9. The number of aryl methyl sites for hydroxylation is 3. The molecule has 142 valence electrons. The Morgan fingerprint density at radius 2 is 1.74 bits per heavy atom. The van der Waals surface area contributed by atoms with Crippen molar-refractivity contribution in [2.45, 2.75) is 26.8 Å². The third kappa shape index (κ3) is 4.53. The summed E-state index contributed by atoms with van der Waals surface area (Å²) < 4.78 is 0. The van der Waals surface area contributed by atoms with Gasteiger partial charge in [-0.25, -0.2) is 5.43 Å². The predicted molar refractivity (Wildman–Crippen MR) is 106 cm³/mol. The van der Waals surface area contributed by atoms with Gasteiger partial charge in [-0.2, -0.15) is 0 Å². The highest BCUT2D eigenvalue weighted by molar-refractivity contribution is 5.96. The number of hydrazine groups is 1. The van der Waals surface area contributed by atoms with Crippen LogP contribution in [0.4, 0.5) is 5.69 Å². The third-order valence-electron chi connectivity index (χ3n) is 4.84. The molecule has 27 heavy (non-hydrogen) atoms. The number of hydrogen-bond acceptors (Lipinski definition) is 4. The van der Waals surface area contributed by atoms with Gasteiger partial charge in [0.05, 0.1) is 18.5 Å². The van der Waals surface area contributed by atoms with Crippen LogP contribution in [0.1, 0.15) is 28.3 Å². The van der Waals surface area contributed by atoms with Crippen molar-refractivity contribution in [2.24, 2.45) is 5.92 Å². The third-order valence-corrected chi connectivity index (χ3v) is 4.84. The molecule has 2 atom stereocenters. The van der Waals surface area contributed by atoms with Gasteiger partial charge >= 0.3 is 0 Å². The zero-order valence-electron chi connectivity index (χ0n) is 15.9. The second-order valence-electron chi connectivity index (χ2n) is 7.06. The van der Waals surface area contributed by atoms with Crippen LogP contribution in [0, 0.1) is 26.7 Å². The SMILES string of the molecule is Cc1cc(C)c(NC(=O)CNC(=O)C2CNNC2c2ccccc2)c(C)c1. The van der Waals surface area contributed by atoms with E-state index in [1.807, 2.05) is 63.2 Å². The first-order valence-corrected chi connectivity index (χ1v) is 9.14. The van der Waals surface area contributed by atoms with Gasteiger partial charge in [0.15, 0.2) is 0 Å². The molecule has 6 heteroatoms. The van der Waals surface area contributed by atoms with Crippen molar-refractivity contribution >= 4 is 17.5 Å². The molecule has 0 bridgehead atoms. The van der Waals surface area contributed by atoms with Gasteiger partial charge in [-0.1, -0.05) is 48.0 Å². The number of amides is 2. The summed E-state index contributed by atoms with van der Waals surface area (Å²) in [7, 11) is 0. The number of rotatable bonds is 5. The van der Waals surface area contributed by atoms with Crippen LogP contribution in [-0.2, 0) is 9.59 Å². The van der Waals surface area contributed by atoms with Crippen LogP contribution in [0.25, 0.3) is 0 Å². The molecule has 1 saturated heterocycles. The lowest BCUT2D eigenvalue weighted by atomic mass is 9.94. The quantitative estimate of drug-likeness (QED) is 0.653. The average Bonchev–Trinajstić information content (AvgIpc) is 3.13. The number of anilines is 1.